The van der Waals surface area contributed by atoms with E-state index in [9.17, 15) is 4.79 Å². The van der Waals surface area contributed by atoms with Crippen LogP contribution in [0.25, 0.3) is 0 Å². The van der Waals surface area contributed by atoms with Gasteiger partial charge in [0.15, 0.2) is 5.16 Å². The number of aromatic nitrogens is 3. The van der Waals surface area contributed by atoms with E-state index in [2.05, 4.69) is 26.7 Å². The van der Waals surface area contributed by atoms with Gasteiger partial charge in [0.2, 0.25) is 0 Å². The van der Waals surface area contributed by atoms with Crippen molar-refractivity contribution in [3.63, 3.8) is 0 Å². The summed E-state index contributed by atoms with van der Waals surface area (Å²) in [6.45, 7) is 6.63. The fraction of sp³-hybridized carbons (Fsp3) is 0.667. The Morgan fingerprint density at radius 2 is 2.18 bits per heavy atom. The summed E-state index contributed by atoms with van der Waals surface area (Å²) < 4.78 is 7.42. The smallest absolute Gasteiger partial charge is 0.306 e. The second-order valence-electron chi connectivity index (χ2n) is 5.73. The molecule has 0 aliphatic carbocycles. The SMILES string of the molecule is C=CCn1c(SC[C@@H]2CCC(=O)O2)nnc1C1CCNCC1. The van der Waals surface area contributed by atoms with Crippen molar-refractivity contribution in [3.05, 3.63) is 18.5 Å². The zero-order chi connectivity index (χ0) is 15.4. The summed E-state index contributed by atoms with van der Waals surface area (Å²) in [6.07, 6.45) is 5.43. The van der Waals surface area contributed by atoms with E-state index in [0.717, 1.165) is 55.6 Å². The zero-order valence-electron chi connectivity index (χ0n) is 12.7. The molecular weight excluding hydrogens is 300 g/mol. The van der Waals surface area contributed by atoms with Crippen LogP contribution in [0.5, 0.6) is 0 Å². The number of hydrogen-bond donors (Lipinski definition) is 1. The van der Waals surface area contributed by atoms with E-state index in [1.165, 1.54) is 0 Å². The Kier molecular flexibility index (Phi) is 5.15. The van der Waals surface area contributed by atoms with E-state index in [-0.39, 0.29) is 12.1 Å². The lowest BCUT2D eigenvalue weighted by Crippen LogP contribution is -2.28. The number of cyclic esters (lactones) is 1. The number of rotatable bonds is 6. The minimum absolute atomic E-state index is 0.00807. The molecule has 1 atom stereocenters. The third-order valence-electron chi connectivity index (χ3n) is 4.13. The number of nitrogens with zero attached hydrogens (tertiary/aromatic N) is 3. The largest absolute Gasteiger partial charge is 0.461 e. The Balaban J connectivity index is 1.68. The molecule has 2 fully saturated rings. The Morgan fingerprint density at radius 1 is 1.36 bits per heavy atom. The molecule has 0 bridgehead atoms. The van der Waals surface area contributed by atoms with Crippen molar-refractivity contribution < 1.29 is 9.53 Å². The van der Waals surface area contributed by atoms with Gasteiger partial charge in [-0.1, -0.05) is 17.8 Å². The lowest BCUT2D eigenvalue weighted by atomic mass is 9.97. The van der Waals surface area contributed by atoms with Gasteiger partial charge in [-0.25, -0.2) is 0 Å². The Bertz CT molecular complexity index is 540. The number of carbonyl (C=O) groups excluding carboxylic acids is 1. The minimum Gasteiger partial charge on any atom is -0.461 e. The van der Waals surface area contributed by atoms with Crippen LogP contribution in [0.2, 0.25) is 0 Å². The van der Waals surface area contributed by atoms with Gasteiger partial charge in [-0.3, -0.25) is 4.79 Å². The van der Waals surface area contributed by atoms with Crippen molar-refractivity contribution >= 4 is 17.7 Å². The van der Waals surface area contributed by atoms with Gasteiger partial charge in [0, 0.05) is 24.6 Å². The summed E-state index contributed by atoms with van der Waals surface area (Å²) in [4.78, 5) is 11.2. The predicted molar refractivity (Wildman–Crippen MR) is 84.9 cm³/mol. The second-order valence-corrected chi connectivity index (χ2v) is 6.71. The highest BCUT2D eigenvalue weighted by Crippen LogP contribution is 2.29. The molecule has 1 N–H and O–H groups in total. The zero-order valence-corrected chi connectivity index (χ0v) is 13.5. The Labute approximate surface area is 134 Å². The number of hydrogen-bond acceptors (Lipinski definition) is 6. The second kappa shape index (κ2) is 7.28. The normalized spacial score (nSPS) is 22.7. The monoisotopic (exact) mass is 322 g/mol. The highest BCUT2D eigenvalue weighted by atomic mass is 32.2. The molecule has 0 saturated carbocycles. The van der Waals surface area contributed by atoms with Crippen LogP contribution in [0.15, 0.2) is 17.8 Å². The van der Waals surface area contributed by atoms with Crippen LogP contribution < -0.4 is 5.32 Å². The molecule has 7 heteroatoms. The average Bonchev–Trinajstić information content (AvgIpc) is 3.13. The molecule has 0 radical (unpaired) electrons. The van der Waals surface area contributed by atoms with Gasteiger partial charge in [-0.05, 0) is 32.4 Å². The topological polar surface area (TPSA) is 69.0 Å². The highest BCUT2D eigenvalue weighted by molar-refractivity contribution is 7.99. The molecule has 0 aromatic carbocycles. The van der Waals surface area contributed by atoms with Crippen molar-refractivity contribution in [1.82, 2.24) is 20.1 Å². The minimum atomic E-state index is -0.0893. The lowest BCUT2D eigenvalue weighted by Gasteiger charge is -2.22. The van der Waals surface area contributed by atoms with E-state index in [1.807, 2.05) is 6.08 Å². The van der Waals surface area contributed by atoms with Gasteiger partial charge in [-0.2, -0.15) is 0 Å². The number of esters is 1. The third kappa shape index (κ3) is 3.52. The van der Waals surface area contributed by atoms with Gasteiger partial charge >= 0.3 is 5.97 Å². The highest BCUT2D eigenvalue weighted by Gasteiger charge is 2.26. The number of piperidine rings is 1. The van der Waals surface area contributed by atoms with Gasteiger partial charge in [0.05, 0.1) is 0 Å². The molecule has 2 saturated heterocycles. The van der Waals surface area contributed by atoms with Crippen molar-refractivity contribution in [3.8, 4) is 0 Å². The van der Waals surface area contributed by atoms with Crippen LogP contribution in [0, 0.1) is 0 Å². The summed E-state index contributed by atoms with van der Waals surface area (Å²) in [5, 5.41) is 13.1. The fourth-order valence-electron chi connectivity index (χ4n) is 2.96. The quantitative estimate of drug-likeness (QED) is 0.489. The summed E-state index contributed by atoms with van der Waals surface area (Å²) in [5.41, 5.74) is 0. The molecule has 1 aromatic rings. The summed E-state index contributed by atoms with van der Waals surface area (Å²) in [5.74, 6) is 2.18. The molecule has 0 unspecified atom stereocenters. The first-order valence-corrected chi connectivity index (χ1v) is 8.83. The molecule has 3 heterocycles. The number of ether oxygens (including phenoxy) is 1. The van der Waals surface area contributed by atoms with Crippen LogP contribution in [0.3, 0.4) is 0 Å². The lowest BCUT2D eigenvalue weighted by molar-refractivity contribution is -0.140. The fourth-order valence-corrected chi connectivity index (χ4v) is 3.95. The average molecular weight is 322 g/mol. The molecule has 3 rings (SSSR count). The van der Waals surface area contributed by atoms with Gasteiger partial charge in [0.25, 0.3) is 0 Å². The molecule has 2 aliphatic heterocycles. The van der Waals surface area contributed by atoms with Gasteiger partial charge in [0.1, 0.15) is 11.9 Å². The maximum atomic E-state index is 11.2. The van der Waals surface area contributed by atoms with Crippen molar-refractivity contribution in [2.24, 2.45) is 0 Å². The molecule has 2 aliphatic rings. The number of allylic oxidation sites excluding steroid dienone is 1. The molecule has 22 heavy (non-hydrogen) atoms. The maximum absolute atomic E-state index is 11.2. The number of nitrogens with one attached hydrogen (secondary N) is 1. The molecule has 6 nitrogen and oxygen atoms in total. The van der Waals surface area contributed by atoms with Crippen LogP contribution in [0.4, 0.5) is 0 Å². The van der Waals surface area contributed by atoms with Crippen molar-refractivity contribution in [2.45, 2.75) is 49.4 Å². The van der Waals surface area contributed by atoms with Crippen LogP contribution in [0.1, 0.15) is 37.4 Å². The standard InChI is InChI=1S/C15H22N4O2S/c1-2-9-19-14(11-5-7-16-8-6-11)17-18-15(19)22-10-12-3-4-13(20)21-12/h2,11-12,16H,1,3-10H2/t12-/m0/s1. The van der Waals surface area contributed by atoms with Crippen LogP contribution in [-0.2, 0) is 16.1 Å². The van der Waals surface area contributed by atoms with E-state index in [4.69, 9.17) is 4.74 Å². The molecule has 0 spiro atoms. The van der Waals surface area contributed by atoms with Crippen LogP contribution >= 0.6 is 11.8 Å². The first-order chi connectivity index (χ1) is 10.8. The molecule has 1 aromatic heterocycles. The Hall–Kier alpha value is -1.34. The van der Waals surface area contributed by atoms with Crippen LogP contribution in [-0.4, -0.2) is 45.7 Å². The number of carbonyl (C=O) groups is 1. The maximum Gasteiger partial charge on any atom is 0.306 e. The van der Waals surface area contributed by atoms with E-state index in [0.29, 0.717) is 12.3 Å². The van der Waals surface area contributed by atoms with E-state index in [1.54, 1.807) is 11.8 Å². The van der Waals surface area contributed by atoms with E-state index >= 15 is 0 Å². The van der Waals surface area contributed by atoms with Crippen molar-refractivity contribution in [2.75, 3.05) is 18.8 Å². The van der Waals surface area contributed by atoms with Gasteiger partial charge in [-0.15, -0.1) is 16.8 Å². The molecular formula is C15H22N4O2S. The molecule has 0 amide bonds. The first-order valence-electron chi connectivity index (χ1n) is 7.85. The van der Waals surface area contributed by atoms with Gasteiger partial charge < -0.3 is 14.6 Å². The number of thioether (sulfide) groups is 1. The van der Waals surface area contributed by atoms with Crippen molar-refractivity contribution in [1.29, 1.82) is 0 Å². The predicted octanol–water partition coefficient (Wildman–Crippen LogP) is 1.73. The summed E-state index contributed by atoms with van der Waals surface area (Å²) in [7, 11) is 0. The Morgan fingerprint density at radius 3 is 2.86 bits per heavy atom. The first kappa shape index (κ1) is 15.6. The molecule has 120 valence electrons. The third-order valence-corrected chi connectivity index (χ3v) is 5.23. The summed E-state index contributed by atoms with van der Waals surface area (Å²) in [6, 6.07) is 0. The van der Waals surface area contributed by atoms with E-state index < -0.39 is 0 Å². The summed E-state index contributed by atoms with van der Waals surface area (Å²) >= 11 is 1.62.